The van der Waals surface area contributed by atoms with Crippen LogP contribution in [0.3, 0.4) is 0 Å². The van der Waals surface area contributed by atoms with E-state index in [2.05, 4.69) is 51.4 Å². The van der Waals surface area contributed by atoms with Crippen LogP contribution in [0.25, 0.3) is 0 Å². The van der Waals surface area contributed by atoms with Gasteiger partial charge in [0, 0.05) is 19.2 Å². The molecule has 1 atom stereocenters. The van der Waals surface area contributed by atoms with Crippen LogP contribution in [0.1, 0.15) is 24.0 Å². The maximum atomic E-state index is 9.46. The number of nitrogens with one attached hydrogen (secondary N) is 1. The van der Waals surface area contributed by atoms with E-state index in [0.29, 0.717) is 0 Å². The van der Waals surface area contributed by atoms with Gasteiger partial charge in [0.25, 0.3) is 0 Å². The molecule has 0 bridgehead atoms. The van der Waals surface area contributed by atoms with Crippen molar-refractivity contribution >= 4 is 11.6 Å². The lowest BCUT2D eigenvalue weighted by Crippen LogP contribution is -2.32. The van der Waals surface area contributed by atoms with Crippen molar-refractivity contribution < 1.29 is 5.11 Å². The number of hydrogen-bond donors (Lipinski definition) is 2. The highest BCUT2D eigenvalue weighted by Gasteiger charge is 2.25. The number of aryl methyl sites for hydroxylation is 1. The van der Waals surface area contributed by atoms with Gasteiger partial charge in [0.05, 0.1) is 12.6 Å². The van der Waals surface area contributed by atoms with E-state index in [1.54, 1.807) is 6.33 Å². The molecule has 1 fully saturated rings. The van der Waals surface area contributed by atoms with Crippen molar-refractivity contribution in [3.05, 3.63) is 47.8 Å². The van der Waals surface area contributed by atoms with E-state index in [0.717, 1.165) is 44.0 Å². The highest BCUT2D eigenvalue weighted by atomic mass is 16.3. The molecule has 5 heteroatoms. The molecule has 1 aliphatic heterocycles. The second-order valence-corrected chi connectivity index (χ2v) is 6.10. The Morgan fingerprint density at radius 3 is 3.04 bits per heavy atom. The molecule has 0 spiro atoms. The van der Waals surface area contributed by atoms with Crippen molar-refractivity contribution in [2.45, 2.75) is 32.2 Å². The van der Waals surface area contributed by atoms with Crippen molar-refractivity contribution in [3.8, 4) is 0 Å². The van der Waals surface area contributed by atoms with Gasteiger partial charge in [-0.15, -0.1) is 0 Å². The average molecular weight is 312 g/mol. The molecule has 1 saturated heterocycles. The number of benzene rings is 1. The summed E-state index contributed by atoms with van der Waals surface area (Å²) < 4.78 is 0. The molecule has 1 aromatic heterocycles. The third-order valence-electron chi connectivity index (χ3n) is 4.34. The summed E-state index contributed by atoms with van der Waals surface area (Å²) in [5, 5.41) is 12.8. The molecule has 0 radical (unpaired) electrons. The summed E-state index contributed by atoms with van der Waals surface area (Å²) in [5.41, 5.74) is 2.61. The third kappa shape index (κ3) is 3.99. The Balaban J connectivity index is 1.59. The quantitative estimate of drug-likeness (QED) is 0.857. The summed E-state index contributed by atoms with van der Waals surface area (Å²) >= 11 is 0. The molecule has 23 heavy (non-hydrogen) atoms. The summed E-state index contributed by atoms with van der Waals surface area (Å²) in [6.45, 7) is 4.08. The van der Waals surface area contributed by atoms with Crippen LogP contribution >= 0.6 is 0 Å². The van der Waals surface area contributed by atoms with Crippen LogP contribution in [-0.2, 0) is 6.42 Å². The molecule has 2 N–H and O–H groups in total. The molecule has 2 heterocycles. The van der Waals surface area contributed by atoms with E-state index >= 15 is 0 Å². The van der Waals surface area contributed by atoms with Gasteiger partial charge in [-0.3, -0.25) is 0 Å². The van der Waals surface area contributed by atoms with Crippen molar-refractivity contribution in [2.24, 2.45) is 0 Å². The Hall–Kier alpha value is -2.14. The first-order valence-electron chi connectivity index (χ1n) is 8.25. The van der Waals surface area contributed by atoms with Crippen LogP contribution in [0.2, 0.25) is 0 Å². The van der Waals surface area contributed by atoms with Crippen molar-refractivity contribution in [1.82, 2.24) is 9.97 Å². The summed E-state index contributed by atoms with van der Waals surface area (Å²) in [6.07, 6.45) is 4.68. The van der Waals surface area contributed by atoms with Crippen molar-refractivity contribution in [2.75, 3.05) is 29.9 Å². The predicted molar refractivity (Wildman–Crippen MR) is 92.9 cm³/mol. The van der Waals surface area contributed by atoms with Crippen LogP contribution < -0.4 is 10.2 Å². The first-order valence-corrected chi connectivity index (χ1v) is 8.25. The monoisotopic (exact) mass is 312 g/mol. The smallest absolute Gasteiger partial charge is 0.134 e. The maximum absolute atomic E-state index is 9.46. The predicted octanol–water partition coefficient (Wildman–Crippen LogP) is 2.40. The Kier molecular flexibility index (Phi) is 5.08. The maximum Gasteiger partial charge on any atom is 0.134 e. The number of aromatic nitrogens is 2. The molecule has 0 saturated carbocycles. The number of anilines is 2. The molecular weight excluding hydrogens is 288 g/mol. The summed E-state index contributed by atoms with van der Waals surface area (Å²) in [7, 11) is 0. The SMILES string of the molecule is Cc1cccc(CCNc2cc(N3CCCC3CO)ncn2)c1. The van der Waals surface area contributed by atoms with Gasteiger partial charge < -0.3 is 15.3 Å². The molecule has 1 aliphatic rings. The normalized spacial score (nSPS) is 17.5. The number of nitrogens with zero attached hydrogens (tertiary/aromatic N) is 3. The zero-order valence-electron chi connectivity index (χ0n) is 13.6. The van der Waals surface area contributed by atoms with Crippen LogP contribution in [0.4, 0.5) is 11.6 Å². The zero-order chi connectivity index (χ0) is 16.1. The summed E-state index contributed by atoms with van der Waals surface area (Å²) in [5.74, 6) is 1.74. The van der Waals surface area contributed by atoms with Gasteiger partial charge in [-0.05, 0) is 31.7 Å². The standard InChI is InChI=1S/C18H24N4O/c1-14-4-2-5-15(10-14)7-8-19-17-11-18(21-13-20-17)22-9-3-6-16(22)12-23/h2,4-5,10-11,13,16,23H,3,6-9,12H2,1H3,(H,19,20,21). The third-order valence-corrected chi connectivity index (χ3v) is 4.34. The number of aliphatic hydroxyl groups is 1. The molecule has 2 aromatic rings. The van der Waals surface area contributed by atoms with Crippen molar-refractivity contribution in [1.29, 1.82) is 0 Å². The minimum absolute atomic E-state index is 0.181. The lowest BCUT2D eigenvalue weighted by Gasteiger charge is -2.24. The van der Waals surface area contributed by atoms with Crippen LogP contribution in [0, 0.1) is 6.92 Å². The Morgan fingerprint density at radius 1 is 1.30 bits per heavy atom. The molecule has 3 rings (SSSR count). The van der Waals surface area contributed by atoms with Gasteiger partial charge in [0.15, 0.2) is 0 Å². The average Bonchev–Trinajstić information content (AvgIpc) is 3.04. The van der Waals surface area contributed by atoms with Crippen molar-refractivity contribution in [3.63, 3.8) is 0 Å². The van der Waals surface area contributed by atoms with Gasteiger partial charge in [-0.1, -0.05) is 29.8 Å². The Bertz CT molecular complexity index is 646. The largest absolute Gasteiger partial charge is 0.394 e. The first kappa shape index (κ1) is 15.7. The Morgan fingerprint density at radius 2 is 2.22 bits per heavy atom. The van der Waals surface area contributed by atoms with Gasteiger partial charge in [0.2, 0.25) is 0 Å². The van der Waals surface area contributed by atoms with E-state index in [9.17, 15) is 5.11 Å². The van der Waals surface area contributed by atoms with E-state index in [4.69, 9.17) is 0 Å². The molecule has 0 amide bonds. The second kappa shape index (κ2) is 7.42. The molecule has 0 aliphatic carbocycles. The van der Waals surface area contributed by atoms with Crippen LogP contribution in [0.15, 0.2) is 36.7 Å². The van der Waals surface area contributed by atoms with Crippen LogP contribution in [-0.4, -0.2) is 40.8 Å². The van der Waals surface area contributed by atoms with Gasteiger partial charge in [0.1, 0.15) is 18.0 Å². The molecule has 5 nitrogen and oxygen atoms in total. The summed E-state index contributed by atoms with van der Waals surface area (Å²) in [4.78, 5) is 10.8. The summed E-state index contributed by atoms with van der Waals surface area (Å²) in [6, 6.07) is 10.7. The van der Waals surface area contributed by atoms with E-state index in [1.165, 1.54) is 11.1 Å². The fourth-order valence-electron chi connectivity index (χ4n) is 3.13. The van der Waals surface area contributed by atoms with Gasteiger partial charge in [-0.25, -0.2) is 9.97 Å². The minimum Gasteiger partial charge on any atom is -0.394 e. The topological polar surface area (TPSA) is 61.3 Å². The number of rotatable bonds is 6. The molecule has 1 unspecified atom stereocenters. The van der Waals surface area contributed by atoms with E-state index < -0.39 is 0 Å². The van der Waals surface area contributed by atoms with Gasteiger partial charge in [-0.2, -0.15) is 0 Å². The van der Waals surface area contributed by atoms with Gasteiger partial charge >= 0.3 is 0 Å². The highest BCUT2D eigenvalue weighted by Crippen LogP contribution is 2.24. The van der Waals surface area contributed by atoms with E-state index in [1.807, 2.05) is 6.07 Å². The van der Waals surface area contributed by atoms with E-state index in [-0.39, 0.29) is 12.6 Å². The molecule has 1 aromatic carbocycles. The highest BCUT2D eigenvalue weighted by molar-refractivity contribution is 5.50. The fourth-order valence-corrected chi connectivity index (χ4v) is 3.13. The lowest BCUT2D eigenvalue weighted by atomic mass is 10.1. The number of aliphatic hydroxyl groups excluding tert-OH is 1. The minimum atomic E-state index is 0.181. The second-order valence-electron chi connectivity index (χ2n) is 6.10. The lowest BCUT2D eigenvalue weighted by molar-refractivity contribution is 0.266. The molecular formula is C18H24N4O. The fraction of sp³-hybridized carbons (Fsp3) is 0.444. The number of hydrogen-bond acceptors (Lipinski definition) is 5. The first-order chi connectivity index (χ1) is 11.3. The Labute approximate surface area is 137 Å². The van der Waals surface area contributed by atoms with Crippen LogP contribution in [0.5, 0.6) is 0 Å². The zero-order valence-corrected chi connectivity index (χ0v) is 13.6. The molecule has 122 valence electrons.